The highest BCUT2D eigenvalue weighted by molar-refractivity contribution is 9.09. The molecular weight excluding hydrogens is 412 g/mol. The average molecular weight is 442 g/mol. The number of alkyl halides is 1. The number of ketones is 1. The Morgan fingerprint density at radius 2 is 1.88 bits per heavy atom. The van der Waals surface area contributed by atoms with E-state index >= 15 is 0 Å². The van der Waals surface area contributed by atoms with Gasteiger partial charge < -0.3 is 5.11 Å². The molecule has 4 fully saturated rings. The van der Waals surface area contributed by atoms with E-state index < -0.39 is 5.60 Å². The number of hydrogen-bond acceptors (Lipinski definition) is 2. The second-order valence-electron chi connectivity index (χ2n) is 9.70. The maximum absolute atomic E-state index is 12.5. The van der Waals surface area contributed by atoms with Gasteiger partial charge >= 0.3 is 0 Å². The lowest BCUT2D eigenvalue weighted by molar-refractivity contribution is -0.129. The molecule has 0 saturated heterocycles. The Morgan fingerprint density at radius 3 is 2.62 bits per heavy atom. The zero-order chi connectivity index (χ0) is 18.5. The molecule has 0 aromatic carbocycles. The molecule has 4 saturated carbocycles. The van der Waals surface area contributed by atoms with Crippen molar-refractivity contribution in [2.75, 3.05) is 5.33 Å². The van der Waals surface area contributed by atoms with Gasteiger partial charge in [0.25, 0.3) is 0 Å². The number of Topliss-reactive ketones (excluding diaryl/α,β-unsaturated/α-hetero) is 1. The molecule has 0 aromatic heterocycles. The van der Waals surface area contributed by atoms with Crippen molar-refractivity contribution in [2.24, 2.45) is 40.9 Å². The predicted octanol–water partition coefficient (Wildman–Crippen LogP) is 5.15. The highest BCUT2D eigenvalue weighted by Crippen LogP contribution is 2.64. The summed E-state index contributed by atoms with van der Waals surface area (Å²) >= 11 is 9.00. The van der Waals surface area contributed by atoms with E-state index in [4.69, 9.17) is 11.6 Å². The normalized spacial score (nSPS) is 50.0. The van der Waals surface area contributed by atoms with Crippen LogP contribution in [0.25, 0.3) is 0 Å². The molecule has 4 heteroatoms. The van der Waals surface area contributed by atoms with Crippen LogP contribution in [0.3, 0.4) is 0 Å². The van der Waals surface area contributed by atoms with Gasteiger partial charge in [-0.25, -0.2) is 0 Å². The third kappa shape index (κ3) is 2.99. The van der Waals surface area contributed by atoms with Crippen LogP contribution in [0.2, 0.25) is 0 Å². The van der Waals surface area contributed by atoms with Gasteiger partial charge in [-0.15, -0.1) is 0 Å². The molecule has 4 rings (SSSR count). The van der Waals surface area contributed by atoms with E-state index in [1.54, 1.807) is 0 Å². The molecule has 0 spiro atoms. The summed E-state index contributed by atoms with van der Waals surface area (Å²) in [6.45, 7) is 2.41. The fourth-order valence-corrected chi connectivity index (χ4v) is 8.27. The Kier molecular flexibility index (Phi) is 5.26. The molecule has 4 aliphatic rings. The number of rotatable bonds is 2. The number of halogens is 2. The number of aliphatic hydroxyl groups is 1. The summed E-state index contributed by atoms with van der Waals surface area (Å²) < 4.78 is 0. The zero-order valence-electron chi connectivity index (χ0n) is 15.6. The van der Waals surface area contributed by atoms with Crippen molar-refractivity contribution in [3.05, 3.63) is 0 Å². The summed E-state index contributed by atoms with van der Waals surface area (Å²) in [5, 5.41) is 13.7. The first-order chi connectivity index (χ1) is 12.4. The van der Waals surface area contributed by atoms with E-state index in [1.807, 2.05) is 0 Å². The molecule has 26 heavy (non-hydrogen) atoms. The summed E-state index contributed by atoms with van der Waals surface area (Å²) in [6, 6.07) is 0. The fourth-order valence-electron chi connectivity index (χ4n) is 7.70. The Hall–Kier alpha value is -0.0400. The third-order valence-corrected chi connectivity index (χ3v) is 9.46. The van der Waals surface area contributed by atoms with Crippen molar-refractivity contribution in [1.29, 1.82) is 0 Å². The Bertz CT molecular complexity index is 640. The Morgan fingerprint density at radius 1 is 1.12 bits per heavy atom. The smallest absolute Gasteiger partial charge is 0.147 e. The second kappa shape index (κ2) is 7.09. The molecule has 8 atom stereocenters. The van der Waals surface area contributed by atoms with Gasteiger partial charge in [0.05, 0.1) is 5.33 Å². The molecule has 2 nitrogen and oxygen atoms in total. The minimum Gasteiger partial charge on any atom is -0.378 e. The number of hydrogen-bond donors (Lipinski definition) is 1. The van der Waals surface area contributed by atoms with Crippen LogP contribution in [0.1, 0.15) is 64.7 Å². The van der Waals surface area contributed by atoms with E-state index in [0.717, 1.165) is 49.4 Å². The first-order valence-electron chi connectivity index (χ1n) is 10.4. The molecule has 144 valence electrons. The first kappa shape index (κ1) is 19.3. The van der Waals surface area contributed by atoms with Crippen LogP contribution in [0.15, 0.2) is 0 Å². The molecule has 0 aromatic rings. The van der Waals surface area contributed by atoms with Gasteiger partial charge in [0, 0.05) is 11.3 Å². The maximum atomic E-state index is 12.5. The van der Waals surface area contributed by atoms with Crippen molar-refractivity contribution in [1.82, 2.24) is 0 Å². The van der Waals surface area contributed by atoms with Gasteiger partial charge in [-0.2, -0.15) is 0 Å². The van der Waals surface area contributed by atoms with Crippen molar-refractivity contribution in [3.8, 4) is 11.3 Å². The minimum atomic E-state index is -0.861. The summed E-state index contributed by atoms with van der Waals surface area (Å²) in [5.41, 5.74) is -0.641. The molecule has 0 bridgehead atoms. The van der Waals surface area contributed by atoms with Crippen molar-refractivity contribution in [3.63, 3.8) is 0 Å². The van der Waals surface area contributed by atoms with Crippen LogP contribution in [-0.2, 0) is 4.79 Å². The van der Waals surface area contributed by atoms with E-state index in [9.17, 15) is 9.90 Å². The van der Waals surface area contributed by atoms with Gasteiger partial charge in [-0.3, -0.25) is 4.79 Å². The van der Waals surface area contributed by atoms with E-state index in [0.29, 0.717) is 17.0 Å². The van der Waals surface area contributed by atoms with Crippen molar-refractivity contribution in [2.45, 2.75) is 70.3 Å². The molecule has 0 unspecified atom stereocenters. The van der Waals surface area contributed by atoms with E-state index in [2.05, 4.69) is 34.2 Å². The van der Waals surface area contributed by atoms with Gasteiger partial charge in [0.2, 0.25) is 0 Å². The Balaban J connectivity index is 1.52. The molecular formula is C22H30BrClO2. The summed E-state index contributed by atoms with van der Waals surface area (Å²) in [7, 11) is 0. The lowest BCUT2D eigenvalue weighted by atomic mass is 9.49. The second-order valence-corrected chi connectivity index (χ2v) is 10.5. The van der Waals surface area contributed by atoms with Crippen LogP contribution in [-0.4, -0.2) is 21.8 Å². The lowest BCUT2D eigenvalue weighted by Gasteiger charge is -2.56. The van der Waals surface area contributed by atoms with Gasteiger partial charge in [0.1, 0.15) is 11.4 Å². The molecule has 1 N–H and O–H groups in total. The summed E-state index contributed by atoms with van der Waals surface area (Å²) in [4.78, 5) is 12.5. The third-order valence-electron chi connectivity index (χ3n) is 8.81. The van der Waals surface area contributed by atoms with Gasteiger partial charge in [-0.05, 0) is 104 Å². The predicted molar refractivity (Wildman–Crippen MR) is 108 cm³/mol. The summed E-state index contributed by atoms with van der Waals surface area (Å²) in [5.74, 6) is 7.18. The van der Waals surface area contributed by atoms with Crippen molar-refractivity contribution < 1.29 is 9.90 Å². The number of carbonyl (C=O) groups is 1. The van der Waals surface area contributed by atoms with Gasteiger partial charge in [0.15, 0.2) is 0 Å². The largest absolute Gasteiger partial charge is 0.378 e. The fraction of sp³-hybridized carbons (Fsp3) is 0.864. The molecule has 0 amide bonds. The zero-order valence-corrected chi connectivity index (χ0v) is 18.0. The van der Waals surface area contributed by atoms with E-state index in [-0.39, 0.29) is 11.3 Å². The lowest BCUT2D eigenvalue weighted by Crippen LogP contribution is -2.51. The van der Waals surface area contributed by atoms with Crippen LogP contribution in [0.5, 0.6) is 0 Å². The minimum absolute atomic E-state index is 0.221. The topological polar surface area (TPSA) is 37.3 Å². The van der Waals surface area contributed by atoms with Crippen LogP contribution in [0, 0.1) is 52.2 Å². The SMILES string of the molecule is C[C@]12CC[C@H]3[C@@H](CC[C@H]4C[C@](O)(C#CCl)CC[C@@H]43)[C@@H]1CC[C@@H]2C(=O)CBr. The highest BCUT2D eigenvalue weighted by Gasteiger charge is 2.58. The average Bonchev–Trinajstić information content (AvgIpc) is 2.98. The quantitative estimate of drug-likeness (QED) is 0.475. The van der Waals surface area contributed by atoms with Crippen LogP contribution < -0.4 is 0 Å². The molecule has 0 heterocycles. The van der Waals surface area contributed by atoms with Crippen molar-refractivity contribution >= 4 is 33.3 Å². The van der Waals surface area contributed by atoms with Gasteiger partial charge in [-0.1, -0.05) is 28.8 Å². The van der Waals surface area contributed by atoms with Crippen LogP contribution in [0.4, 0.5) is 0 Å². The summed E-state index contributed by atoms with van der Waals surface area (Å²) in [6.07, 6.45) is 9.93. The maximum Gasteiger partial charge on any atom is 0.147 e. The van der Waals surface area contributed by atoms with E-state index in [1.165, 1.54) is 32.1 Å². The molecule has 0 radical (unpaired) electrons. The highest BCUT2D eigenvalue weighted by atomic mass is 79.9. The Labute approximate surface area is 171 Å². The molecule has 4 aliphatic carbocycles. The monoisotopic (exact) mass is 440 g/mol. The standard InChI is InChI=1S/C22H30BrClO2/c1-21-8-6-16-15-7-9-22(26,10-11-24)12-14(15)2-3-17(16)18(21)4-5-19(21)20(25)13-23/h14-19,26H,2-9,12-13H2,1H3/t14-,15-,16+,17+,18-,19+,21-,22+/m0/s1. The molecule has 0 aliphatic heterocycles. The first-order valence-corrected chi connectivity index (χ1v) is 11.9. The number of carbonyl (C=O) groups excluding carboxylic acids is 1. The van der Waals surface area contributed by atoms with Crippen LogP contribution >= 0.6 is 27.5 Å². The number of fused-ring (bicyclic) bond motifs is 5.